The average Bonchev–Trinajstić information content (AvgIpc) is 3.16. The van der Waals surface area contributed by atoms with Gasteiger partial charge in [0.25, 0.3) is 0 Å². The maximum absolute atomic E-state index is 6.01. The molecule has 5 nitrogen and oxygen atoms in total. The number of nitrogens with one attached hydrogen (secondary N) is 1. The molecule has 0 saturated heterocycles. The second-order valence-electron chi connectivity index (χ2n) is 6.17. The number of fused-ring (bicyclic) bond motifs is 1. The number of halogens is 1. The highest BCUT2D eigenvalue weighted by Gasteiger charge is 2.11. The second kappa shape index (κ2) is 9.23. The number of thiazole rings is 1. The lowest BCUT2D eigenvalue weighted by Gasteiger charge is -2.13. The van der Waals surface area contributed by atoms with Crippen molar-refractivity contribution in [1.82, 2.24) is 4.98 Å². The maximum atomic E-state index is 6.01. The topological polar surface area (TPSA) is 55.7 Å². The zero-order valence-electron chi connectivity index (χ0n) is 15.6. The Morgan fingerprint density at radius 3 is 2.69 bits per heavy atom. The van der Waals surface area contributed by atoms with E-state index in [4.69, 9.17) is 9.47 Å². The summed E-state index contributed by atoms with van der Waals surface area (Å²) in [6, 6.07) is 22.0. The van der Waals surface area contributed by atoms with Gasteiger partial charge in [0.05, 0.1) is 27.1 Å². The third-order valence-corrected chi connectivity index (χ3v) is 5.89. The Labute approximate surface area is 186 Å². The minimum absolute atomic E-state index is 0.486. The van der Waals surface area contributed by atoms with Gasteiger partial charge in [0.15, 0.2) is 11.5 Å². The van der Waals surface area contributed by atoms with Gasteiger partial charge in [-0.1, -0.05) is 53.8 Å². The molecule has 0 spiro atoms. The first-order valence-electron chi connectivity index (χ1n) is 8.92. The SMILES string of the molecule is COc1cc(/C=N/Nc2nc3ccccc3s2)cc(I)c1OCc1ccccc1. The molecule has 1 aromatic heterocycles. The molecule has 0 unspecified atom stereocenters. The van der Waals surface area contributed by atoms with Gasteiger partial charge in [0.1, 0.15) is 6.61 Å². The van der Waals surface area contributed by atoms with Crippen molar-refractivity contribution in [2.75, 3.05) is 12.5 Å². The van der Waals surface area contributed by atoms with Gasteiger partial charge in [-0.15, -0.1) is 0 Å². The Hall–Kier alpha value is -2.65. The van der Waals surface area contributed by atoms with Crippen molar-refractivity contribution >= 4 is 55.5 Å². The Bertz CT molecular complexity index is 1110. The molecule has 1 N–H and O–H groups in total. The van der Waals surface area contributed by atoms with Crippen LogP contribution in [-0.4, -0.2) is 18.3 Å². The molecular weight excluding hydrogens is 497 g/mol. The number of hydrogen-bond acceptors (Lipinski definition) is 6. The first-order chi connectivity index (χ1) is 14.2. The lowest BCUT2D eigenvalue weighted by Crippen LogP contribution is -2.01. The number of hydrazone groups is 1. The number of aromatic nitrogens is 1. The van der Waals surface area contributed by atoms with Crippen molar-refractivity contribution in [3.05, 3.63) is 81.4 Å². The summed E-state index contributed by atoms with van der Waals surface area (Å²) >= 11 is 3.82. The van der Waals surface area contributed by atoms with E-state index in [1.54, 1.807) is 24.7 Å². The van der Waals surface area contributed by atoms with Crippen molar-refractivity contribution < 1.29 is 9.47 Å². The third kappa shape index (κ3) is 4.86. The van der Waals surface area contributed by atoms with Crippen LogP contribution in [0.1, 0.15) is 11.1 Å². The number of methoxy groups -OCH3 is 1. The highest BCUT2D eigenvalue weighted by molar-refractivity contribution is 14.1. The summed E-state index contributed by atoms with van der Waals surface area (Å²) in [7, 11) is 1.64. The highest BCUT2D eigenvalue weighted by Crippen LogP contribution is 2.34. The molecule has 0 aliphatic heterocycles. The first kappa shape index (κ1) is 19.7. The highest BCUT2D eigenvalue weighted by atomic mass is 127. The number of ether oxygens (including phenoxy) is 2. The molecule has 0 amide bonds. The molecule has 1 heterocycles. The van der Waals surface area contributed by atoms with Gasteiger partial charge >= 0.3 is 0 Å². The summed E-state index contributed by atoms with van der Waals surface area (Å²) in [6.07, 6.45) is 1.75. The molecule has 0 aliphatic rings. The van der Waals surface area contributed by atoms with Crippen LogP contribution in [0.2, 0.25) is 0 Å². The minimum atomic E-state index is 0.486. The van der Waals surface area contributed by atoms with Gasteiger partial charge in [-0.3, -0.25) is 5.43 Å². The maximum Gasteiger partial charge on any atom is 0.204 e. The Kier molecular flexibility index (Phi) is 6.26. The number of anilines is 1. The smallest absolute Gasteiger partial charge is 0.204 e. The average molecular weight is 515 g/mol. The van der Waals surface area contributed by atoms with Gasteiger partial charge in [0, 0.05) is 0 Å². The third-order valence-electron chi connectivity index (χ3n) is 4.15. The molecule has 4 rings (SSSR count). The van der Waals surface area contributed by atoms with E-state index in [9.17, 15) is 0 Å². The van der Waals surface area contributed by atoms with Gasteiger partial charge in [-0.05, 0) is 58.0 Å². The minimum Gasteiger partial charge on any atom is -0.493 e. The Morgan fingerprint density at radius 2 is 1.90 bits per heavy atom. The van der Waals surface area contributed by atoms with E-state index in [-0.39, 0.29) is 0 Å². The molecule has 0 atom stereocenters. The lowest BCUT2D eigenvalue weighted by atomic mass is 10.2. The van der Waals surface area contributed by atoms with E-state index in [1.165, 1.54) is 0 Å². The first-order valence-corrected chi connectivity index (χ1v) is 10.8. The van der Waals surface area contributed by atoms with Crippen LogP contribution < -0.4 is 14.9 Å². The van der Waals surface area contributed by atoms with E-state index < -0.39 is 0 Å². The van der Waals surface area contributed by atoms with Crippen LogP contribution in [0.3, 0.4) is 0 Å². The van der Waals surface area contributed by atoms with Crippen molar-refractivity contribution in [1.29, 1.82) is 0 Å². The van der Waals surface area contributed by atoms with Crippen LogP contribution in [-0.2, 0) is 6.61 Å². The van der Waals surface area contributed by atoms with E-state index >= 15 is 0 Å². The summed E-state index contributed by atoms with van der Waals surface area (Å²) in [5, 5.41) is 5.08. The molecule has 29 heavy (non-hydrogen) atoms. The lowest BCUT2D eigenvalue weighted by molar-refractivity contribution is 0.282. The number of hydrogen-bond donors (Lipinski definition) is 1. The van der Waals surface area contributed by atoms with E-state index in [0.717, 1.165) is 35.8 Å². The Balaban J connectivity index is 1.47. The van der Waals surface area contributed by atoms with Crippen LogP contribution in [0.25, 0.3) is 10.2 Å². The van der Waals surface area contributed by atoms with Crippen molar-refractivity contribution in [2.24, 2.45) is 5.10 Å². The molecule has 0 bridgehead atoms. The molecule has 146 valence electrons. The predicted octanol–water partition coefficient (Wildman–Crippen LogP) is 5.93. The summed E-state index contributed by atoms with van der Waals surface area (Å²) in [4.78, 5) is 4.51. The monoisotopic (exact) mass is 515 g/mol. The van der Waals surface area contributed by atoms with Gasteiger partial charge in [-0.25, -0.2) is 4.98 Å². The van der Waals surface area contributed by atoms with Crippen LogP contribution in [0.15, 0.2) is 71.8 Å². The number of para-hydroxylation sites is 1. The molecule has 7 heteroatoms. The van der Waals surface area contributed by atoms with Crippen molar-refractivity contribution in [3.63, 3.8) is 0 Å². The molecule has 4 aromatic rings. The summed E-state index contributed by atoms with van der Waals surface area (Å²) in [6.45, 7) is 0.486. The van der Waals surface area contributed by atoms with Crippen LogP contribution >= 0.6 is 33.9 Å². The molecular formula is C22H18IN3O2S. The van der Waals surface area contributed by atoms with E-state index in [1.807, 2.05) is 66.7 Å². The van der Waals surface area contributed by atoms with Crippen molar-refractivity contribution in [2.45, 2.75) is 6.61 Å². The van der Waals surface area contributed by atoms with Crippen LogP contribution in [0.5, 0.6) is 11.5 Å². The number of benzene rings is 3. The fourth-order valence-corrected chi connectivity index (χ4v) is 4.36. The fourth-order valence-electron chi connectivity index (χ4n) is 2.77. The molecule has 0 aliphatic carbocycles. The zero-order valence-corrected chi connectivity index (χ0v) is 18.6. The van der Waals surface area contributed by atoms with Crippen LogP contribution in [0.4, 0.5) is 5.13 Å². The molecule has 0 radical (unpaired) electrons. The Morgan fingerprint density at radius 1 is 1.10 bits per heavy atom. The van der Waals surface area contributed by atoms with E-state index in [2.05, 4.69) is 38.1 Å². The predicted molar refractivity (Wildman–Crippen MR) is 127 cm³/mol. The zero-order chi connectivity index (χ0) is 20.1. The van der Waals surface area contributed by atoms with E-state index in [0.29, 0.717) is 12.4 Å². The summed E-state index contributed by atoms with van der Waals surface area (Å²) < 4.78 is 13.6. The van der Waals surface area contributed by atoms with Gasteiger partial charge < -0.3 is 9.47 Å². The normalized spacial score (nSPS) is 11.1. The van der Waals surface area contributed by atoms with Crippen LogP contribution in [0, 0.1) is 3.57 Å². The number of nitrogens with zero attached hydrogens (tertiary/aromatic N) is 2. The summed E-state index contributed by atoms with van der Waals surface area (Å²) in [5.74, 6) is 1.41. The van der Waals surface area contributed by atoms with Gasteiger partial charge in [-0.2, -0.15) is 5.10 Å². The summed E-state index contributed by atoms with van der Waals surface area (Å²) in [5.41, 5.74) is 5.98. The largest absolute Gasteiger partial charge is 0.493 e. The van der Waals surface area contributed by atoms with Crippen molar-refractivity contribution in [3.8, 4) is 11.5 Å². The number of rotatable bonds is 7. The quantitative estimate of drug-likeness (QED) is 0.188. The second-order valence-corrected chi connectivity index (χ2v) is 8.36. The molecule has 3 aromatic carbocycles. The van der Waals surface area contributed by atoms with Gasteiger partial charge in [0.2, 0.25) is 5.13 Å². The molecule has 0 saturated carbocycles. The standard InChI is InChI=1S/C22H18IN3O2S/c1-27-19-12-16(11-17(23)21(19)28-14-15-7-3-2-4-8-15)13-24-26-22-25-18-9-5-6-10-20(18)29-22/h2-13H,14H2,1H3,(H,25,26)/b24-13+. The fraction of sp³-hybridized carbons (Fsp3) is 0.0909. The molecule has 0 fully saturated rings.